The number of rotatable bonds is 1. The summed E-state index contributed by atoms with van der Waals surface area (Å²) in [5.41, 5.74) is 0.206. The molecule has 0 radical (unpaired) electrons. The van der Waals surface area contributed by atoms with E-state index in [1.807, 2.05) is 6.07 Å². The van der Waals surface area contributed by atoms with Crippen molar-refractivity contribution < 1.29 is 0 Å². The van der Waals surface area contributed by atoms with Gasteiger partial charge in [0, 0.05) is 25.4 Å². The lowest BCUT2D eigenvalue weighted by atomic mass is 10.1. The van der Waals surface area contributed by atoms with Crippen LogP contribution in [-0.2, 0) is 14.1 Å². The highest BCUT2D eigenvalue weighted by Gasteiger charge is 2.16. The van der Waals surface area contributed by atoms with Crippen LogP contribution in [0.2, 0.25) is 0 Å². The Kier molecular flexibility index (Phi) is 2.80. The summed E-state index contributed by atoms with van der Waals surface area (Å²) in [5, 5.41) is 8.81. The SMILES string of the molecule is Cc1c(C(C)C#N)n(C)c(=O)n(C)c1=O. The van der Waals surface area contributed by atoms with Crippen LogP contribution in [-0.4, -0.2) is 9.13 Å². The lowest BCUT2D eigenvalue weighted by molar-refractivity contribution is 0.631. The fourth-order valence-electron chi connectivity index (χ4n) is 1.70. The minimum absolute atomic E-state index is 0.338. The maximum absolute atomic E-state index is 11.6. The molecule has 1 rings (SSSR count). The van der Waals surface area contributed by atoms with E-state index in [0.29, 0.717) is 11.3 Å². The average Bonchev–Trinajstić information content (AvgIpc) is 2.23. The first kappa shape index (κ1) is 11.2. The standard InChI is InChI=1S/C10H13N3O2/c1-6(5-11)8-7(2)9(14)13(4)10(15)12(8)3/h6H,1-4H3. The smallest absolute Gasteiger partial charge is 0.299 e. The van der Waals surface area contributed by atoms with Gasteiger partial charge in [-0.15, -0.1) is 0 Å². The van der Waals surface area contributed by atoms with Gasteiger partial charge in [0.25, 0.3) is 5.56 Å². The lowest BCUT2D eigenvalue weighted by Crippen LogP contribution is -2.40. The molecule has 1 aromatic rings. The molecule has 5 heteroatoms. The third kappa shape index (κ3) is 1.59. The van der Waals surface area contributed by atoms with Gasteiger partial charge in [0.15, 0.2) is 0 Å². The van der Waals surface area contributed by atoms with Gasteiger partial charge < -0.3 is 0 Å². The van der Waals surface area contributed by atoms with Crippen LogP contribution in [0.1, 0.15) is 24.1 Å². The van der Waals surface area contributed by atoms with Crippen molar-refractivity contribution in [1.82, 2.24) is 9.13 Å². The minimum atomic E-state index is -0.461. The van der Waals surface area contributed by atoms with Crippen LogP contribution in [0.4, 0.5) is 0 Å². The van der Waals surface area contributed by atoms with Gasteiger partial charge in [-0.05, 0) is 13.8 Å². The molecule has 15 heavy (non-hydrogen) atoms. The highest BCUT2D eigenvalue weighted by molar-refractivity contribution is 5.24. The highest BCUT2D eigenvalue weighted by Crippen LogP contribution is 2.13. The van der Waals surface area contributed by atoms with Crippen molar-refractivity contribution in [3.63, 3.8) is 0 Å². The molecular formula is C10H13N3O2. The molecule has 0 saturated heterocycles. The summed E-state index contributed by atoms with van der Waals surface area (Å²) in [6.07, 6.45) is 0. The van der Waals surface area contributed by atoms with Gasteiger partial charge in [-0.25, -0.2) is 4.79 Å². The maximum Gasteiger partial charge on any atom is 0.330 e. The Morgan fingerprint density at radius 3 is 2.27 bits per heavy atom. The number of hydrogen-bond donors (Lipinski definition) is 0. The summed E-state index contributed by atoms with van der Waals surface area (Å²) in [4.78, 5) is 23.2. The zero-order valence-electron chi connectivity index (χ0n) is 9.24. The van der Waals surface area contributed by atoms with Gasteiger partial charge in [-0.2, -0.15) is 5.26 Å². The minimum Gasteiger partial charge on any atom is -0.299 e. The van der Waals surface area contributed by atoms with Crippen molar-refractivity contribution in [2.75, 3.05) is 0 Å². The second-order valence-electron chi connectivity index (χ2n) is 3.57. The first-order chi connectivity index (χ1) is 6.91. The van der Waals surface area contributed by atoms with Crippen molar-refractivity contribution in [2.45, 2.75) is 19.8 Å². The molecule has 1 aromatic heterocycles. The van der Waals surface area contributed by atoms with Crippen molar-refractivity contribution in [3.8, 4) is 6.07 Å². The fourth-order valence-corrected chi connectivity index (χ4v) is 1.70. The summed E-state index contributed by atoms with van der Waals surface area (Å²) in [6, 6.07) is 2.03. The molecule has 0 aliphatic rings. The molecule has 5 nitrogen and oxygen atoms in total. The molecule has 0 aliphatic carbocycles. The van der Waals surface area contributed by atoms with E-state index in [1.54, 1.807) is 20.9 Å². The summed E-state index contributed by atoms with van der Waals surface area (Å²) < 4.78 is 2.40. The molecule has 0 aromatic carbocycles. The topological polar surface area (TPSA) is 67.8 Å². The molecule has 1 atom stereocenters. The van der Waals surface area contributed by atoms with Gasteiger partial charge in [0.2, 0.25) is 0 Å². The van der Waals surface area contributed by atoms with E-state index in [-0.39, 0.29) is 5.56 Å². The molecule has 80 valence electrons. The number of nitriles is 1. The molecule has 0 saturated carbocycles. The van der Waals surface area contributed by atoms with Crippen LogP contribution in [0, 0.1) is 18.3 Å². The molecule has 0 N–H and O–H groups in total. The average molecular weight is 207 g/mol. The zero-order chi connectivity index (χ0) is 11.7. The van der Waals surface area contributed by atoms with E-state index >= 15 is 0 Å². The summed E-state index contributed by atoms with van der Waals surface area (Å²) in [6.45, 7) is 3.30. The quantitative estimate of drug-likeness (QED) is 0.652. The molecular weight excluding hydrogens is 194 g/mol. The molecule has 0 spiro atoms. The van der Waals surface area contributed by atoms with E-state index in [0.717, 1.165) is 4.57 Å². The first-order valence-corrected chi connectivity index (χ1v) is 4.58. The number of nitrogens with zero attached hydrogens (tertiary/aromatic N) is 3. The van der Waals surface area contributed by atoms with Crippen LogP contribution in [0.25, 0.3) is 0 Å². The molecule has 0 aliphatic heterocycles. The van der Waals surface area contributed by atoms with Crippen molar-refractivity contribution in [1.29, 1.82) is 5.26 Å². The van der Waals surface area contributed by atoms with E-state index in [2.05, 4.69) is 0 Å². The second kappa shape index (κ2) is 3.73. The summed E-state index contributed by atoms with van der Waals surface area (Å²) in [5.74, 6) is -0.461. The Morgan fingerprint density at radius 2 is 1.80 bits per heavy atom. The first-order valence-electron chi connectivity index (χ1n) is 4.58. The molecule has 0 amide bonds. The van der Waals surface area contributed by atoms with Crippen LogP contribution in [0.5, 0.6) is 0 Å². The molecule has 1 unspecified atom stereocenters. The Labute approximate surface area is 87.2 Å². The van der Waals surface area contributed by atoms with Crippen molar-refractivity contribution in [3.05, 3.63) is 32.1 Å². The van der Waals surface area contributed by atoms with E-state index < -0.39 is 11.6 Å². The van der Waals surface area contributed by atoms with Gasteiger partial charge >= 0.3 is 5.69 Å². The van der Waals surface area contributed by atoms with Crippen LogP contribution in [0.3, 0.4) is 0 Å². The normalized spacial score (nSPS) is 12.2. The Hall–Kier alpha value is -1.83. The Balaban J connectivity index is 3.78. The van der Waals surface area contributed by atoms with Gasteiger partial charge in [0.1, 0.15) is 0 Å². The second-order valence-corrected chi connectivity index (χ2v) is 3.57. The van der Waals surface area contributed by atoms with E-state index in [9.17, 15) is 9.59 Å². The third-order valence-corrected chi connectivity index (χ3v) is 2.55. The number of aromatic nitrogens is 2. The predicted molar refractivity (Wildman–Crippen MR) is 55.7 cm³/mol. The monoisotopic (exact) mass is 207 g/mol. The maximum atomic E-state index is 11.6. The Bertz CT molecular complexity index is 508. The molecule has 1 heterocycles. The van der Waals surface area contributed by atoms with E-state index in [1.165, 1.54) is 11.6 Å². The zero-order valence-corrected chi connectivity index (χ0v) is 9.24. The van der Waals surface area contributed by atoms with Gasteiger partial charge in [-0.3, -0.25) is 13.9 Å². The summed E-state index contributed by atoms with van der Waals surface area (Å²) in [7, 11) is 3.00. The largest absolute Gasteiger partial charge is 0.330 e. The lowest BCUT2D eigenvalue weighted by Gasteiger charge is -2.13. The third-order valence-electron chi connectivity index (χ3n) is 2.55. The van der Waals surface area contributed by atoms with Crippen molar-refractivity contribution >= 4 is 0 Å². The summed E-state index contributed by atoms with van der Waals surface area (Å²) >= 11 is 0. The molecule has 0 fully saturated rings. The van der Waals surface area contributed by atoms with Crippen LogP contribution in [0.15, 0.2) is 9.59 Å². The van der Waals surface area contributed by atoms with Gasteiger partial charge in [-0.1, -0.05) is 0 Å². The van der Waals surface area contributed by atoms with Crippen LogP contribution >= 0.6 is 0 Å². The predicted octanol–water partition coefficient (Wildman–Crippen LogP) is 0.0195. The van der Waals surface area contributed by atoms with Crippen LogP contribution < -0.4 is 11.2 Å². The molecule has 0 bridgehead atoms. The fraction of sp³-hybridized carbons (Fsp3) is 0.500. The Morgan fingerprint density at radius 1 is 1.27 bits per heavy atom. The number of hydrogen-bond acceptors (Lipinski definition) is 3. The highest BCUT2D eigenvalue weighted by atomic mass is 16.2. The van der Waals surface area contributed by atoms with Crippen molar-refractivity contribution in [2.24, 2.45) is 14.1 Å². The van der Waals surface area contributed by atoms with E-state index in [4.69, 9.17) is 5.26 Å². The van der Waals surface area contributed by atoms with Gasteiger partial charge in [0.05, 0.1) is 12.0 Å².